The van der Waals surface area contributed by atoms with E-state index in [1.165, 1.54) is 61.2 Å². The molecule has 0 bridgehead atoms. The third kappa shape index (κ3) is 10.1. The van der Waals surface area contributed by atoms with Gasteiger partial charge in [-0.1, -0.05) is 303 Å². The molecule has 4 atom stereocenters. The van der Waals surface area contributed by atoms with Gasteiger partial charge in [-0.25, -0.2) is 19.9 Å². The van der Waals surface area contributed by atoms with E-state index in [1.807, 2.05) is 6.07 Å². The minimum atomic E-state index is -0.510. The molecular weight excluding hydrogens is 1340 g/mol. The van der Waals surface area contributed by atoms with Gasteiger partial charge in [0.1, 0.15) is 23.4 Å². The van der Waals surface area contributed by atoms with Gasteiger partial charge < -0.3 is 9.47 Å². The Labute approximate surface area is 639 Å². The first kappa shape index (κ1) is 63.6. The van der Waals surface area contributed by atoms with Gasteiger partial charge in [0, 0.05) is 68.3 Å². The van der Waals surface area contributed by atoms with Crippen LogP contribution in [-0.2, 0) is 17.3 Å². The largest absolute Gasteiger partial charge is 0.485 e. The number of fused-ring (bicyclic) bond motifs is 19. The normalized spacial score (nSPS) is 17.8. The Bertz CT molecular complexity index is 6450. The number of hydrogen-bond donors (Lipinski definition) is 0. The zero-order valence-electron chi connectivity index (χ0n) is 60.2. The molecule has 4 unspecified atom stereocenters. The van der Waals surface area contributed by atoms with E-state index in [0.717, 1.165) is 143 Å². The van der Waals surface area contributed by atoms with Crippen molar-refractivity contribution in [3.05, 3.63) is 420 Å². The summed E-state index contributed by atoms with van der Waals surface area (Å²) in [5.74, 6) is 4.42. The first-order valence-corrected chi connectivity index (χ1v) is 38.4. The molecule has 2 aromatic heterocycles. The van der Waals surface area contributed by atoms with Crippen molar-refractivity contribution in [2.24, 2.45) is 5.92 Å². The van der Waals surface area contributed by atoms with Crippen LogP contribution in [0.15, 0.2) is 370 Å². The molecule has 110 heavy (non-hydrogen) atoms. The number of aryl methyl sites for hydroxylation is 1. The molecule has 518 valence electrons. The van der Waals surface area contributed by atoms with Crippen molar-refractivity contribution < 1.29 is 9.47 Å². The van der Waals surface area contributed by atoms with E-state index in [0.29, 0.717) is 11.6 Å². The Kier molecular flexibility index (Phi) is 14.7. The van der Waals surface area contributed by atoms with E-state index >= 15 is 0 Å². The van der Waals surface area contributed by atoms with E-state index in [2.05, 4.69) is 364 Å². The molecule has 0 fully saturated rings. The number of nitrogens with zero attached hydrogens (tertiary/aromatic N) is 4. The van der Waals surface area contributed by atoms with Crippen LogP contribution in [0, 0.1) is 5.92 Å². The summed E-state index contributed by atoms with van der Waals surface area (Å²) in [4.78, 5) is 21.9. The van der Waals surface area contributed by atoms with E-state index < -0.39 is 10.8 Å². The average molecular weight is 1410 g/mol. The van der Waals surface area contributed by atoms with Crippen molar-refractivity contribution in [2.45, 2.75) is 42.1 Å². The summed E-state index contributed by atoms with van der Waals surface area (Å²) in [6.07, 6.45) is 23.3. The number of para-hydroxylation sites is 1. The maximum atomic E-state index is 6.96. The molecule has 0 amide bonds. The summed E-state index contributed by atoms with van der Waals surface area (Å²) in [6, 6.07) is 115. The van der Waals surface area contributed by atoms with Gasteiger partial charge in [0.05, 0.1) is 33.6 Å². The highest BCUT2D eigenvalue weighted by molar-refractivity contribution is 5.91. The molecule has 13 aromatic carbocycles. The molecule has 4 heterocycles. The number of benzene rings is 13. The Balaban J connectivity index is 0.602. The number of aromatic nitrogens is 4. The highest BCUT2D eigenvalue weighted by Crippen LogP contribution is 2.66. The molecule has 6 heteroatoms. The standard InChI is InChI=1S/C104H70N4O2/c1-2-24-67(25-3-1)93-63-94(106-101(105-93)77-31-21-28-71(59-77)73-53-55-99-91(61-73)103(89-43-16-18-45-97(89)109-99)85-39-12-8-34-80(85)81-35-9-13-40-86(81)103)68-50-47-66(48-51-68)70-27-20-30-75(57-70)79-33-6-7-38-84(79)96-64-95(76-52-49-65-23-4-5-26-69(65)58-76)107-102(108-96)78-32-22-29-72(60-78)74-54-56-100-92(62-74)104(90-44-17-19-46-98(90)110-100)87-41-14-10-36-82(87)83-37-11-15-42-88(83)104/h1-4,6-25,27-44,46-64,82,87,97H,5,26,45H2. The molecule has 0 radical (unpaired) electrons. The lowest BCUT2D eigenvalue weighted by Gasteiger charge is -2.45. The Morgan fingerprint density at radius 2 is 0.845 bits per heavy atom. The van der Waals surface area contributed by atoms with Crippen LogP contribution in [-0.4, -0.2) is 26.0 Å². The van der Waals surface area contributed by atoms with Crippen LogP contribution in [0.3, 0.4) is 0 Å². The second-order valence-corrected chi connectivity index (χ2v) is 30.0. The zero-order valence-corrected chi connectivity index (χ0v) is 60.2. The molecule has 2 aliphatic heterocycles. The fourth-order valence-corrected chi connectivity index (χ4v) is 19.2. The summed E-state index contributed by atoms with van der Waals surface area (Å²) in [7, 11) is 0. The number of ether oxygens (including phenoxy) is 2. The first-order valence-electron chi connectivity index (χ1n) is 38.4. The van der Waals surface area contributed by atoms with E-state index in [1.54, 1.807) is 0 Å². The van der Waals surface area contributed by atoms with Crippen molar-refractivity contribution in [3.8, 4) is 141 Å². The molecule has 7 aliphatic rings. The molecule has 2 spiro atoms. The summed E-state index contributed by atoms with van der Waals surface area (Å²) < 4.78 is 13.8. The Hall–Kier alpha value is -13.7. The first-order chi connectivity index (χ1) is 54.5. The number of allylic oxidation sites excluding steroid dienone is 7. The fourth-order valence-electron chi connectivity index (χ4n) is 19.2. The van der Waals surface area contributed by atoms with Gasteiger partial charge in [0.2, 0.25) is 0 Å². The molecule has 0 saturated heterocycles. The van der Waals surface area contributed by atoms with Gasteiger partial charge in [0.25, 0.3) is 0 Å². The number of rotatable bonds is 10. The Morgan fingerprint density at radius 3 is 1.59 bits per heavy atom. The third-order valence-electron chi connectivity index (χ3n) is 24.1. The van der Waals surface area contributed by atoms with Crippen LogP contribution >= 0.6 is 0 Å². The van der Waals surface area contributed by atoms with Crippen molar-refractivity contribution in [3.63, 3.8) is 0 Å². The molecule has 22 rings (SSSR count). The summed E-state index contributed by atoms with van der Waals surface area (Å²) in [5, 5.41) is 0. The maximum Gasteiger partial charge on any atom is 0.160 e. The van der Waals surface area contributed by atoms with Crippen LogP contribution in [0.1, 0.15) is 68.8 Å². The summed E-state index contributed by atoms with van der Waals surface area (Å²) >= 11 is 0. The van der Waals surface area contributed by atoms with E-state index in [4.69, 9.17) is 29.4 Å². The molecule has 6 nitrogen and oxygen atoms in total. The third-order valence-corrected chi connectivity index (χ3v) is 24.1. The quantitative estimate of drug-likeness (QED) is 0.136. The SMILES string of the molecule is C1=CCC2Oc3ccc(-c4cccc(-c5nc(-c6ccccc6)cc(-c6ccc(-c7cccc(-c8ccccc8-c8cc(-c9ccc%10c(c9)CCC=C%10)nc(-c9cccc(-c%10ccc%11c(c%10)C%10(c%12ccccc%12O%11)c%11ccccc%11C%11C=CC=CC%11%10)c9)n8)c7)cc6)n5)c4)cc3C3(C2=C1)c1ccccc1-c1ccccc13. The smallest absolute Gasteiger partial charge is 0.160 e. The minimum absolute atomic E-state index is 0.0688. The molecule has 5 aliphatic carbocycles. The van der Waals surface area contributed by atoms with Gasteiger partial charge in [-0.05, 0) is 174 Å². The molecule has 0 N–H and O–H groups in total. The van der Waals surface area contributed by atoms with Crippen LogP contribution in [0.25, 0.3) is 130 Å². The van der Waals surface area contributed by atoms with Crippen molar-refractivity contribution in [1.82, 2.24) is 19.9 Å². The van der Waals surface area contributed by atoms with Crippen LogP contribution in [0.4, 0.5) is 0 Å². The van der Waals surface area contributed by atoms with Crippen LogP contribution in [0.2, 0.25) is 0 Å². The topological polar surface area (TPSA) is 70.0 Å². The number of hydrogen-bond acceptors (Lipinski definition) is 6. The molecular formula is C104H70N4O2. The second kappa shape index (κ2) is 25.5. The summed E-state index contributed by atoms with van der Waals surface area (Å²) in [5.41, 5.74) is 32.3. The van der Waals surface area contributed by atoms with Crippen LogP contribution in [0.5, 0.6) is 17.2 Å². The lowest BCUT2D eigenvalue weighted by molar-refractivity contribution is 0.205. The predicted octanol–water partition coefficient (Wildman–Crippen LogP) is 25.1. The van der Waals surface area contributed by atoms with E-state index in [-0.39, 0.29) is 17.9 Å². The van der Waals surface area contributed by atoms with Gasteiger partial charge >= 0.3 is 0 Å². The highest BCUT2D eigenvalue weighted by atomic mass is 16.5. The van der Waals surface area contributed by atoms with Crippen molar-refractivity contribution in [2.75, 3.05) is 0 Å². The maximum absolute atomic E-state index is 6.96. The fraction of sp³-hybridized carbons (Fsp3) is 0.0769. The van der Waals surface area contributed by atoms with Gasteiger partial charge in [-0.2, -0.15) is 0 Å². The van der Waals surface area contributed by atoms with Crippen molar-refractivity contribution >= 4 is 6.08 Å². The highest BCUT2D eigenvalue weighted by Gasteiger charge is 2.57. The second-order valence-electron chi connectivity index (χ2n) is 30.0. The van der Waals surface area contributed by atoms with E-state index in [9.17, 15) is 0 Å². The average Bonchev–Trinajstić information content (AvgIpc) is 1.55. The Morgan fingerprint density at radius 1 is 0.327 bits per heavy atom. The van der Waals surface area contributed by atoms with Crippen LogP contribution < -0.4 is 9.47 Å². The predicted molar refractivity (Wildman–Crippen MR) is 445 cm³/mol. The monoisotopic (exact) mass is 1410 g/mol. The molecule has 15 aromatic rings. The lowest BCUT2D eigenvalue weighted by Crippen LogP contribution is -2.42. The van der Waals surface area contributed by atoms with Crippen molar-refractivity contribution in [1.29, 1.82) is 0 Å². The van der Waals surface area contributed by atoms with Gasteiger partial charge in [-0.3, -0.25) is 0 Å². The lowest BCUT2D eigenvalue weighted by atomic mass is 9.61. The van der Waals surface area contributed by atoms with Gasteiger partial charge in [-0.15, -0.1) is 0 Å². The zero-order chi connectivity index (χ0) is 72.4. The molecule has 0 saturated carbocycles. The summed E-state index contributed by atoms with van der Waals surface area (Å²) in [6.45, 7) is 0. The minimum Gasteiger partial charge on any atom is -0.485 e. The van der Waals surface area contributed by atoms with Gasteiger partial charge in [0.15, 0.2) is 11.6 Å².